The third-order valence-corrected chi connectivity index (χ3v) is 23.3. The second-order valence-corrected chi connectivity index (χ2v) is 27.4. The Bertz CT molecular complexity index is 1950. The lowest BCUT2D eigenvalue weighted by Crippen LogP contribution is -2.61. The van der Waals surface area contributed by atoms with Gasteiger partial charge in [0.05, 0.1) is 49.3 Å². The van der Waals surface area contributed by atoms with Crippen molar-refractivity contribution in [2.75, 3.05) is 0 Å². The van der Waals surface area contributed by atoms with Gasteiger partial charge in [0.15, 0.2) is 0 Å². The third kappa shape index (κ3) is 9.67. The maximum Gasteiger partial charge on any atom is 0.0628 e. The van der Waals surface area contributed by atoms with E-state index in [4.69, 9.17) is 0 Å². The van der Waals surface area contributed by atoms with Crippen molar-refractivity contribution in [1.29, 1.82) is 0 Å². The molecule has 8 bridgehead atoms. The molecule has 0 spiro atoms. The monoisotopic (exact) mass is 984 g/mol. The summed E-state index contributed by atoms with van der Waals surface area (Å²) < 4.78 is 0. The van der Waals surface area contributed by atoms with E-state index < -0.39 is 0 Å². The minimum atomic E-state index is 0.257. The number of fused-ring (bicyclic) bond motifs is 20. The van der Waals surface area contributed by atoms with E-state index in [1.807, 2.05) is 0 Å². The van der Waals surface area contributed by atoms with E-state index >= 15 is 0 Å². The second kappa shape index (κ2) is 20.5. The Labute approximate surface area is 422 Å². The molecule has 8 N–H and O–H groups in total. The van der Waals surface area contributed by atoms with Crippen LogP contribution in [0.5, 0.6) is 0 Å². The molecule has 9 aliphatic rings. The molecule has 5 heterocycles. The van der Waals surface area contributed by atoms with Crippen molar-refractivity contribution in [1.82, 2.24) is 42.5 Å². The molecular formula is C56H72N8S4. The Hall–Kier alpha value is -2.04. The lowest BCUT2D eigenvalue weighted by molar-refractivity contribution is 0.171. The largest absolute Gasteiger partial charge is 0.286 e. The Morgan fingerprint density at radius 3 is 0.632 bits per heavy atom. The lowest BCUT2D eigenvalue weighted by Gasteiger charge is -2.39. The molecule has 0 amide bonds. The van der Waals surface area contributed by atoms with E-state index in [1.165, 1.54) is 96.6 Å². The molecule has 5 saturated heterocycles. The van der Waals surface area contributed by atoms with Crippen molar-refractivity contribution in [3.63, 3.8) is 0 Å². The van der Waals surface area contributed by atoms with Gasteiger partial charge in [-0.2, -0.15) is 0 Å². The molecule has 4 aromatic rings. The molecule has 12 heteroatoms. The van der Waals surface area contributed by atoms with Crippen molar-refractivity contribution >= 4 is 47.0 Å². The average Bonchev–Trinajstić information content (AvgIpc) is 4.10. The van der Waals surface area contributed by atoms with Crippen LogP contribution in [0.1, 0.15) is 77.0 Å². The van der Waals surface area contributed by atoms with Gasteiger partial charge in [0.1, 0.15) is 0 Å². The zero-order chi connectivity index (χ0) is 45.0. The van der Waals surface area contributed by atoms with Crippen molar-refractivity contribution in [2.45, 2.75) is 167 Å². The van der Waals surface area contributed by atoms with Gasteiger partial charge in [0.25, 0.3) is 0 Å². The topological polar surface area (TPSA) is 96.2 Å². The quantitative estimate of drug-likeness (QED) is 0.0865. The fourth-order valence-electron chi connectivity index (χ4n) is 15.0. The molecule has 9 fully saturated rings. The molecule has 4 saturated carbocycles. The standard InChI is InChI=1S/C56H72N8S4/c1-5-13-33(14-6-1)65-37-21-25-41-45(29-37)53-57-49(41)62-54-47-31-39(67-35-17-9-3-10-18-35)23-27-43(47)51(59-54)64-56-48-32-40(68-36-19-11-4-12-20-36)24-28-44(48)52(60-56)63-55-46-30-38(66-34-15-7-2-8-16-34)22-26-42(46)50(58-55)61-53/h1-20,37-64H,21-32H2. The molecule has 0 aromatic heterocycles. The Balaban J connectivity index is 0.819. The maximum absolute atomic E-state index is 4.45. The Morgan fingerprint density at radius 2 is 0.426 bits per heavy atom. The molecule has 13 rings (SSSR count). The van der Waals surface area contributed by atoms with E-state index in [0.29, 0.717) is 68.3 Å². The summed E-state index contributed by atoms with van der Waals surface area (Å²) in [6.07, 6.45) is 17.2. The van der Waals surface area contributed by atoms with Crippen LogP contribution < -0.4 is 42.5 Å². The van der Waals surface area contributed by atoms with Crippen LogP contribution in [0.2, 0.25) is 0 Å². The number of thioether (sulfide) groups is 4. The SMILES string of the molecule is c1ccc(SC2CCC3C4NC(NC5NC(NC6NC(NC7NC(N4)C4CC(Sc8ccccc8)CCC74)C4CC(Sc7ccccc7)CCC64)C4CC(Sc6ccccc6)CCC54)C3C2)cc1. The van der Waals surface area contributed by atoms with Gasteiger partial charge < -0.3 is 0 Å². The molecule has 8 nitrogen and oxygen atoms in total. The number of nitrogens with one attached hydrogen (secondary N) is 8. The van der Waals surface area contributed by atoms with Gasteiger partial charge in [-0.1, -0.05) is 72.8 Å². The van der Waals surface area contributed by atoms with E-state index in [1.54, 1.807) is 0 Å². The molecule has 12 atom stereocenters. The summed E-state index contributed by atoms with van der Waals surface area (Å²) in [4.78, 5) is 5.66. The Kier molecular flexibility index (Phi) is 13.8. The number of rotatable bonds is 8. The van der Waals surface area contributed by atoms with Crippen molar-refractivity contribution in [3.8, 4) is 0 Å². The highest BCUT2D eigenvalue weighted by molar-refractivity contribution is 8.00. The fraction of sp³-hybridized carbons (Fsp3) is 0.571. The minimum Gasteiger partial charge on any atom is -0.286 e. The van der Waals surface area contributed by atoms with E-state index in [9.17, 15) is 0 Å². The van der Waals surface area contributed by atoms with E-state index in [-0.39, 0.29) is 49.3 Å². The second-order valence-electron chi connectivity index (χ2n) is 21.9. The number of hydrogen-bond acceptors (Lipinski definition) is 12. The maximum atomic E-state index is 4.45. The van der Waals surface area contributed by atoms with Gasteiger partial charge >= 0.3 is 0 Å². The summed E-state index contributed by atoms with van der Waals surface area (Å²) >= 11 is 8.50. The molecule has 4 aliphatic carbocycles. The molecule has 360 valence electrons. The van der Waals surface area contributed by atoms with Crippen LogP contribution in [0.3, 0.4) is 0 Å². The molecule has 12 unspecified atom stereocenters. The van der Waals surface area contributed by atoms with Gasteiger partial charge in [0.2, 0.25) is 0 Å². The first-order valence-corrected chi connectivity index (χ1v) is 30.1. The first-order valence-electron chi connectivity index (χ1n) is 26.6. The van der Waals surface area contributed by atoms with Crippen LogP contribution in [-0.2, 0) is 0 Å². The van der Waals surface area contributed by atoms with Gasteiger partial charge in [0, 0.05) is 40.6 Å². The van der Waals surface area contributed by atoms with E-state index in [2.05, 4.69) is 211 Å². The van der Waals surface area contributed by atoms with Gasteiger partial charge in [-0.25, -0.2) is 0 Å². The van der Waals surface area contributed by atoms with Crippen LogP contribution in [-0.4, -0.2) is 70.3 Å². The highest BCUT2D eigenvalue weighted by Crippen LogP contribution is 2.51. The predicted molar refractivity (Wildman–Crippen MR) is 283 cm³/mol. The Morgan fingerprint density at radius 1 is 0.235 bits per heavy atom. The van der Waals surface area contributed by atoms with E-state index in [0.717, 1.165) is 0 Å². The summed E-state index contributed by atoms with van der Waals surface area (Å²) in [6, 6.07) is 44.8. The predicted octanol–water partition coefficient (Wildman–Crippen LogP) is 9.69. The fourth-order valence-corrected chi connectivity index (χ4v) is 20.1. The number of hydrogen-bond donors (Lipinski definition) is 8. The number of benzene rings is 4. The zero-order valence-electron chi connectivity index (χ0n) is 39.2. The minimum absolute atomic E-state index is 0.257. The molecule has 68 heavy (non-hydrogen) atoms. The highest BCUT2D eigenvalue weighted by Gasteiger charge is 2.56. The van der Waals surface area contributed by atoms with Crippen LogP contribution in [0, 0.1) is 47.3 Å². The zero-order valence-corrected chi connectivity index (χ0v) is 42.5. The van der Waals surface area contributed by atoms with Gasteiger partial charge in [-0.05, 0) is 173 Å². The summed E-state index contributed by atoms with van der Waals surface area (Å²) in [5.74, 6) is 4.62. The summed E-state index contributed by atoms with van der Waals surface area (Å²) in [7, 11) is 0. The third-order valence-electron chi connectivity index (χ3n) is 18.1. The first-order chi connectivity index (χ1) is 33.6. The average molecular weight is 986 g/mol. The molecular weight excluding hydrogens is 913 g/mol. The molecule has 5 aliphatic heterocycles. The van der Waals surface area contributed by atoms with Crippen LogP contribution in [0.15, 0.2) is 141 Å². The first kappa shape index (κ1) is 45.8. The van der Waals surface area contributed by atoms with Crippen LogP contribution in [0.25, 0.3) is 0 Å². The van der Waals surface area contributed by atoms with Crippen molar-refractivity contribution in [2.24, 2.45) is 47.3 Å². The van der Waals surface area contributed by atoms with Gasteiger partial charge in [-0.15, -0.1) is 47.0 Å². The lowest BCUT2D eigenvalue weighted by atomic mass is 9.76. The molecule has 0 radical (unpaired) electrons. The normalized spacial score (nSPS) is 42.9. The van der Waals surface area contributed by atoms with Crippen LogP contribution >= 0.6 is 47.0 Å². The summed E-state index contributed by atoms with van der Waals surface area (Å²) in [5.41, 5.74) is 0. The highest BCUT2D eigenvalue weighted by atomic mass is 32.2. The van der Waals surface area contributed by atoms with Crippen molar-refractivity contribution < 1.29 is 0 Å². The smallest absolute Gasteiger partial charge is 0.0628 e. The van der Waals surface area contributed by atoms with Gasteiger partial charge in [-0.3, -0.25) is 42.5 Å². The van der Waals surface area contributed by atoms with Crippen molar-refractivity contribution in [3.05, 3.63) is 121 Å². The molecule has 4 aromatic carbocycles. The summed E-state index contributed by atoms with van der Waals surface area (Å²) in [6.45, 7) is 0. The summed E-state index contributed by atoms with van der Waals surface area (Å²) in [5, 5.41) is 37.8. The van der Waals surface area contributed by atoms with Crippen LogP contribution in [0.4, 0.5) is 0 Å².